The number of amides is 3. The number of nitrogens with zero attached hydrogens (tertiary/aromatic N) is 1. The molecule has 1 aliphatic rings. The third-order valence-electron chi connectivity index (χ3n) is 5.97. The van der Waals surface area contributed by atoms with Crippen molar-refractivity contribution in [2.24, 2.45) is 0 Å². The van der Waals surface area contributed by atoms with Gasteiger partial charge in [-0.15, -0.1) is 0 Å². The van der Waals surface area contributed by atoms with Crippen LogP contribution in [0.4, 0.5) is 16.2 Å². The number of benzene rings is 3. The fourth-order valence-corrected chi connectivity index (χ4v) is 4.97. The van der Waals surface area contributed by atoms with Crippen LogP contribution in [0.2, 0.25) is 5.02 Å². The quantitative estimate of drug-likeness (QED) is 0.410. The van der Waals surface area contributed by atoms with Crippen LogP contribution in [0.25, 0.3) is 0 Å². The highest BCUT2D eigenvalue weighted by molar-refractivity contribution is 7.91. The van der Waals surface area contributed by atoms with E-state index in [1.54, 1.807) is 38.4 Å². The van der Waals surface area contributed by atoms with Crippen molar-refractivity contribution in [3.8, 4) is 5.75 Å². The molecular weight excluding hydrogens is 504 g/mol. The summed E-state index contributed by atoms with van der Waals surface area (Å²) in [6, 6.07) is 21.1. The number of hydrogen-bond acceptors (Lipinski definition) is 5. The van der Waals surface area contributed by atoms with Crippen molar-refractivity contribution in [1.29, 1.82) is 0 Å². The van der Waals surface area contributed by atoms with Crippen LogP contribution in [-0.4, -0.2) is 40.1 Å². The predicted molar refractivity (Wildman–Crippen MR) is 139 cm³/mol. The maximum atomic E-state index is 13.7. The van der Waals surface area contributed by atoms with Gasteiger partial charge in [-0.3, -0.25) is 9.52 Å². The topological polar surface area (TPSA) is 117 Å². The molecule has 3 aromatic carbocycles. The zero-order chi connectivity index (χ0) is 25.9. The van der Waals surface area contributed by atoms with Crippen LogP contribution in [0.1, 0.15) is 17.9 Å². The molecule has 0 heterocycles. The lowest BCUT2D eigenvalue weighted by atomic mass is 10.0. The molecule has 0 aliphatic heterocycles. The number of anilines is 2. The second kappa shape index (κ2) is 10.1. The van der Waals surface area contributed by atoms with Crippen LogP contribution in [-0.2, 0) is 15.0 Å². The Balaban J connectivity index is 1.54. The molecule has 36 heavy (non-hydrogen) atoms. The van der Waals surface area contributed by atoms with E-state index in [0.29, 0.717) is 22.9 Å². The van der Waals surface area contributed by atoms with Gasteiger partial charge in [-0.1, -0.05) is 41.9 Å². The smallest absolute Gasteiger partial charge is 0.330 e. The molecule has 0 radical (unpaired) electrons. The summed E-state index contributed by atoms with van der Waals surface area (Å²) in [5.41, 5.74) is 0.350. The van der Waals surface area contributed by atoms with Gasteiger partial charge in [-0.25, -0.2) is 9.52 Å². The molecule has 11 heteroatoms. The van der Waals surface area contributed by atoms with Gasteiger partial charge in [-0.05, 0) is 60.5 Å². The predicted octanol–water partition coefficient (Wildman–Crippen LogP) is 3.89. The summed E-state index contributed by atoms with van der Waals surface area (Å²) in [5.74, 6) is -0.0666. The number of halogens is 1. The molecular formula is C25H25ClN4O5S. The van der Waals surface area contributed by atoms with Gasteiger partial charge >= 0.3 is 16.2 Å². The van der Waals surface area contributed by atoms with Crippen LogP contribution in [0.5, 0.6) is 5.75 Å². The van der Waals surface area contributed by atoms with E-state index < -0.39 is 21.8 Å². The molecule has 2 atom stereocenters. The number of urea groups is 1. The van der Waals surface area contributed by atoms with Gasteiger partial charge in [-0.2, -0.15) is 8.42 Å². The monoisotopic (exact) mass is 528 g/mol. The summed E-state index contributed by atoms with van der Waals surface area (Å²) in [4.78, 5) is 27.9. The highest BCUT2D eigenvalue weighted by Crippen LogP contribution is 2.52. The number of rotatable bonds is 8. The van der Waals surface area contributed by atoms with Gasteiger partial charge in [0, 0.05) is 23.7 Å². The molecule has 4 rings (SSSR count). The normalized spacial score (nSPS) is 18.6. The van der Waals surface area contributed by atoms with Crippen molar-refractivity contribution in [2.45, 2.75) is 17.9 Å². The van der Waals surface area contributed by atoms with Crippen molar-refractivity contribution >= 4 is 45.1 Å². The lowest BCUT2D eigenvalue weighted by molar-refractivity contribution is -0.121. The SMILES string of the molecule is COc1ccc(N(C)C(=O)[C@]2(NC(=O)NS(=O)(=O)Nc3ccc(Cl)cc3)CC2c2ccccc2)cc1. The lowest BCUT2D eigenvalue weighted by Crippen LogP contribution is -2.55. The molecule has 0 spiro atoms. The summed E-state index contributed by atoms with van der Waals surface area (Å²) in [7, 11) is -1.12. The minimum Gasteiger partial charge on any atom is -0.497 e. The number of carbonyl (C=O) groups is 2. The van der Waals surface area contributed by atoms with E-state index in [2.05, 4.69) is 10.0 Å². The van der Waals surface area contributed by atoms with E-state index in [0.717, 1.165) is 5.56 Å². The summed E-state index contributed by atoms with van der Waals surface area (Å²) in [6.07, 6.45) is 0.314. The summed E-state index contributed by atoms with van der Waals surface area (Å²) < 4.78 is 34.4. The van der Waals surface area contributed by atoms with Crippen molar-refractivity contribution < 1.29 is 22.7 Å². The number of methoxy groups -OCH3 is 1. The maximum Gasteiger partial charge on any atom is 0.330 e. The molecule has 1 aliphatic carbocycles. The molecule has 0 aromatic heterocycles. The van der Waals surface area contributed by atoms with E-state index >= 15 is 0 Å². The Morgan fingerprint density at radius 1 is 1.00 bits per heavy atom. The van der Waals surface area contributed by atoms with Gasteiger partial charge < -0.3 is 15.0 Å². The molecule has 3 aromatic rings. The Hall–Kier alpha value is -3.76. The van der Waals surface area contributed by atoms with E-state index in [1.165, 1.54) is 29.2 Å². The molecule has 0 bridgehead atoms. The van der Waals surface area contributed by atoms with Crippen molar-refractivity contribution in [2.75, 3.05) is 23.8 Å². The molecule has 1 saturated carbocycles. The Kier molecular flexibility index (Phi) is 7.09. The first-order valence-corrected chi connectivity index (χ1v) is 12.8. The Morgan fingerprint density at radius 2 is 1.64 bits per heavy atom. The van der Waals surface area contributed by atoms with E-state index in [4.69, 9.17) is 16.3 Å². The second-order valence-electron chi connectivity index (χ2n) is 8.37. The minimum absolute atomic E-state index is 0.221. The van der Waals surface area contributed by atoms with E-state index in [-0.39, 0.29) is 17.5 Å². The van der Waals surface area contributed by atoms with Crippen molar-refractivity contribution in [3.63, 3.8) is 0 Å². The maximum absolute atomic E-state index is 13.7. The zero-order valence-corrected chi connectivity index (χ0v) is 21.1. The average molecular weight is 529 g/mol. The fraction of sp³-hybridized carbons (Fsp3) is 0.200. The first-order chi connectivity index (χ1) is 17.1. The second-order valence-corrected chi connectivity index (χ2v) is 10.2. The zero-order valence-electron chi connectivity index (χ0n) is 19.6. The number of hydrogen-bond donors (Lipinski definition) is 3. The molecule has 1 fully saturated rings. The van der Waals surface area contributed by atoms with Crippen molar-refractivity contribution in [1.82, 2.24) is 10.0 Å². The average Bonchev–Trinajstić information content (AvgIpc) is 3.59. The van der Waals surface area contributed by atoms with Crippen molar-refractivity contribution in [3.05, 3.63) is 89.4 Å². The Morgan fingerprint density at radius 3 is 2.25 bits per heavy atom. The Labute approximate surface area is 214 Å². The summed E-state index contributed by atoms with van der Waals surface area (Å²) in [6.45, 7) is 0. The Bertz CT molecular complexity index is 1350. The lowest BCUT2D eigenvalue weighted by Gasteiger charge is -2.26. The highest BCUT2D eigenvalue weighted by atomic mass is 35.5. The molecule has 9 nitrogen and oxygen atoms in total. The molecule has 0 saturated heterocycles. The molecule has 1 unspecified atom stereocenters. The minimum atomic E-state index is -4.27. The van der Waals surface area contributed by atoms with Gasteiger partial charge in [0.25, 0.3) is 5.91 Å². The van der Waals surface area contributed by atoms with Gasteiger partial charge in [0.05, 0.1) is 12.8 Å². The molecule has 3 N–H and O–H groups in total. The molecule has 188 valence electrons. The van der Waals surface area contributed by atoms with Crippen LogP contribution in [0.15, 0.2) is 78.9 Å². The van der Waals surface area contributed by atoms with Crippen LogP contribution >= 0.6 is 11.6 Å². The first kappa shape index (κ1) is 25.3. The highest BCUT2D eigenvalue weighted by Gasteiger charge is 2.63. The van der Waals surface area contributed by atoms with Gasteiger partial charge in [0.2, 0.25) is 0 Å². The number of nitrogens with one attached hydrogen (secondary N) is 3. The fourth-order valence-electron chi connectivity index (χ4n) is 4.05. The standard InChI is InChI=1S/C25H25ClN4O5S/c1-30(20-12-14-21(35-2)15-13-20)23(31)25(16-22(25)17-6-4-3-5-7-17)27-24(32)29-36(33,34)28-19-10-8-18(26)9-11-19/h3-15,22,28H,16H2,1-2H3,(H2,27,29,32)/t22?,25-/m0/s1. The third-order valence-corrected chi connectivity index (χ3v) is 7.18. The molecule has 3 amide bonds. The van der Waals surface area contributed by atoms with Gasteiger partial charge in [0.15, 0.2) is 0 Å². The van der Waals surface area contributed by atoms with Crippen LogP contribution in [0, 0.1) is 0 Å². The van der Waals surface area contributed by atoms with Crippen LogP contribution in [0.3, 0.4) is 0 Å². The largest absolute Gasteiger partial charge is 0.497 e. The van der Waals surface area contributed by atoms with E-state index in [9.17, 15) is 18.0 Å². The van der Waals surface area contributed by atoms with E-state index in [1.807, 2.05) is 35.1 Å². The first-order valence-electron chi connectivity index (χ1n) is 11.0. The number of carbonyl (C=O) groups excluding carboxylic acids is 2. The van der Waals surface area contributed by atoms with Crippen LogP contribution < -0.4 is 24.4 Å². The van der Waals surface area contributed by atoms with Gasteiger partial charge in [0.1, 0.15) is 11.3 Å². The number of likely N-dealkylation sites (N-methyl/N-ethyl adjacent to an activating group) is 1. The third kappa shape index (κ3) is 5.55. The summed E-state index contributed by atoms with van der Waals surface area (Å²) in [5, 5.41) is 3.07. The number of ether oxygens (including phenoxy) is 1. The summed E-state index contributed by atoms with van der Waals surface area (Å²) >= 11 is 5.83.